The zero-order chi connectivity index (χ0) is 26.5. The van der Waals surface area contributed by atoms with E-state index in [2.05, 4.69) is 24.9 Å². The third-order valence-corrected chi connectivity index (χ3v) is 6.79. The normalized spacial score (nSPS) is 13.4. The zero-order valence-corrected chi connectivity index (χ0v) is 21.6. The minimum atomic E-state index is -4.18. The number of para-hydroxylation sites is 1. The molecular weight excluding hydrogens is 495 g/mol. The number of hydrogen-bond donors (Lipinski definition) is 1. The minimum Gasteiger partial charge on any atom is -0.494 e. The van der Waals surface area contributed by atoms with Crippen LogP contribution in [0.5, 0.6) is 11.5 Å². The first-order valence-electron chi connectivity index (χ1n) is 10.9. The number of benzene rings is 1. The highest BCUT2D eigenvalue weighted by Gasteiger charge is 2.36. The Morgan fingerprint density at radius 1 is 1.03 bits per heavy atom. The maximum absolute atomic E-state index is 13.5. The molecule has 0 aliphatic heterocycles. The van der Waals surface area contributed by atoms with Gasteiger partial charge < -0.3 is 18.9 Å². The lowest BCUT2D eigenvalue weighted by Crippen LogP contribution is -2.35. The van der Waals surface area contributed by atoms with Gasteiger partial charge in [0.05, 0.1) is 32.7 Å². The summed E-state index contributed by atoms with van der Waals surface area (Å²) in [5.41, 5.74) is 0.377. The Balaban J connectivity index is 2.07. The summed E-state index contributed by atoms with van der Waals surface area (Å²) in [7, 11) is 0.238. The number of methoxy groups -OCH3 is 3. The molecule has 0 amide bonds. The summed E-state index contributed by atoms with van der Waals surface area (Å²) in [4.78, 5) is 7.85. The van der Waals surface area contributed by atoms with Gasteiger partial charge in [0.1, 0.15) is 35.1 Å². The summed E-state index contributed by atoms with van der Waals surface area (Å²) >= 11 is 0. The lowest BCUT2D eigenvalue weighted by Gasteiger charge is -2.25. The van der Waals surface area contributed by atoms with Crippen LogP contribution in [0.2, 0.25) is 0 Å². The molecule has 0 spiro atoms. The molecule has 196 valence electrons. The lowest BCUT2D eigenvalue weighted by molar-refractivity contribution is 0.00144. The molecular formula is C22H29FN6O6S. The Morgan fingerprint density at radius 3 is 2.17 bits per heavy atom. The van der Waals surface area contributed by atoms with E-state index in [1.165, 1.54) is 32.8 Å². The average Bonchev–Trinajstić information content (AvgIpc) is 3.22. The Hall–Kier alpha value is -3.36. The fourth-order valence-corrected chi connectivity index (χ4v) is 4.50. The van der Waals surface area contributed by atoms with Crippen LogP contribution in [0.4, 0.5) is 10.3 Å². The first-order valence-corrected chi connectivity index (χ1v) is 12.5. The molecule has 1 aromatic carbocycles. The number of hydrogen-bond acceptors (Lipinski definition) is 10. The summed E-state index contributed by atoms with van der Waals surface area (Å²) in [6.07, 6.45) is 0.440. The predicted octanol–water partition coefficient (Wildman–Crippen LogP) is 2.66. The molecule has 0 saturated heterocycles. The van der Waals surface area contributed by atoms with E-state index in [-0.39, 0.29) is 24.5 Å². The van der Waals surface area contributed by atoms with Gasteiger partial charge in [-0.2, -0.15) is 0 Å². The van der Waals surface area contributed by atoms with Crippen LogP contribution in [0.1, 0.15) is 38.5 Å². The highest BCUT2D eigenvalue weighted by atomic mass is 32.2. The van der Waals surface area contributed by atoms with Crippen molar-refractivity contribution < 1.29 is 31.8 Å². The van der Waals surface area contributed by atoms with Crippen molar-refractivity contribution in [3.63, 3.8) is 0 Å². The van der Waals surface area contributed by atoms with Crippen LogP contribution >= 0.6 is 0 Å². The van der Waals surface area contributed by atoms with Gasteiger partial charge >= 0.3 is 0 Å². The lowest BCUT2D eigenvalue weighted by atomic mass is 10.2. The standard InChI is InChI=1S/C22H29FN6O6S/c1-13(2)35-20(21-24-10-15(23)11-25-21)14(3)36(30,31)28-22-27-26-18(12-32-4)29(22)19-16(33-5)8-7-9-17(19)34-6/h7-11,13-14,20H,12H2,1-6H3,(H,27,28). The second-order valence-electron chi connectivity index (χ2n) is 7.94. The largest absolute Gasteiger partial charge is 0.494 e. The maximum atomic E-state index is 13.5. The highest BCUT2D eigenvalue weighted by molar-refractivity contribution is 7.93. The van der Waals surface area contributed by atoms with Gasteiger partial charge in [-0.3, -0.25) is 9.29 Å². The fraction of sp³-hybridized carbons (Fsp3) is 0.455. The van der Waals surface area contributed by atoms with E-state index in [4.69, 9.17) is 18.9 Å². The molecule has 3 aromatic rings. The van der Waals surface area contributed by atoms with Gasteiger partial charge in [0.15, 0.2) is 17.5 Å². The Kier molecular flexibility index (Phi) is 8.76. The molecule has 12 nitrogen and oxygen atoms in total. The highest BCUT2D eigenvalue weighted by Crippen LogP contribution is 2.36. The number of anilines is 1. The van der Waals surface area contributed by atoms with E-state index in [1.54, 1.807) is 32.0 Å². The van der Waals surface area contributed by atoms with E-state index in [1.807, 2.05) is 0 Å². The third-order valence-electron chi connectivity index (χ3n) is 5.09. The summed E-state index contributed by atoms with van der Waals surface area (Å²) in [5, 5.41) is 6.93. The number of sulfonamides is 1. The van der Waals surface area contributed by atoms with Crippen molar-refractivity contribution in [2.75, 3.05) is 26.1 Å². The van der Waals surface area contributed by atoms with Crippen molar-refractivity contribution in [1.29, 1.82) is 0 Å². The Bertz CT molecular complexity index is 1250. The van der Waals surface area contributed by atoms with Crippen molar-refractivity contribution in [3.05, 3.63) is 48.1 Å². The molecule has 2 unspecified atom stereocenters. The van der Waals surface area contributed by atoms with Crippen LogP contribution < -0.4 is 14.2 Å². The van der Waals surface area contributed by atoms with Crippen LogP contribution in [0.3, 0.4) is 0 Å². The predicted molar refractivity (Wildman–Crippen MR) is 128 cm³/mol. The molecule has 0 bridgehead atoms. The molecule has 0 radical (unpaired) electrons. The summed E-state index contributed by atoms with van der Waals surface area (Å²) in [5.74, 6) is 0.320. The van der Waals surface area contributed by atoms with Gasteiger partial charge in [-0.1, -0.05) is 6.07 Å². The van der Waals surface area contributed by atoms with Crippen molar-refractivity contribution in [3.8, 4) is 17.2 Å². The number of rotatable bonds is 12. The first kappa shape index (κ1) is 27.2. The molecule has 36 heavy (non-hydrogen) atoms. The van der Waals surface area contributed by atoms with Crippen molar-refractivity contribution >= 4 is 16.0 Å². The number of nitrogens with one attached hydrogen (secondary N) is 1. The molecule has 2 aromatic heterocycles. The Morgan fingerprint density at radius 2 is 1.64 bits per heavy atom. The first-order chi connectivity index (χ1) is 17.1. The van der Waals surface area contributed by atoms with Crippen LogP contribution in [0, 0.1) is 5.82 Å². The van der Waals surface area contributed by atoms with Crippen LogP contribution in [0.25, 0.3) is 5.69 Å². The van der Waals surface area contributed by atoms with Gasteiger partial charge in [0, 0.05) is 7.11 Å². The van der Waals surface area contributed by atoms with Crippen LogP contribution in [-0.2, 0) is 26.1 Å². The fourth-order valence-electron chi connectivity index (χ4n) is 3.42. The molecule has 0 fully saturated rings. The van der Waals surface area contributed by atoms with Gasteiger partial charge in [-0.15, -0.1) is 10.2 Å². The smallest absolute Gasteiger partial charge is 0.243 e. The van der Waals surface area contributed by atoms with E-state index in [9.17, 15) is 12.8 Å². The van der Waals surface area contributed by atoms with Gasteiger partial charge in [-0.05, 0) is 32.9 Å². The zero-order valence-electron chi connectivity index (χ0n) is 20.8. The van der Waals surface area contributed by atoms with Gasteiger partial charge in [0.2, 0.25) is 16.0 Å². The van der Waals surface area contributed by atoms with Gasteiger partial charge in [-0.25, -0.2) is 22.8 Å². The maximum Gasteiger partial charge on any atom is 0.243 e. The van der Waals surface area contributed by atoms with Crippen LogP contribution in [-0.4, -0.2) is 65.8 Å². The molecule has 2 atom stereocenters. The van der Waals surface area contributed by atoms with E-state index in [0.29, 0.717) is 23.0 Å². The summed E-state index contributed by atoms with van der Waals surface area (Å²) in [6.45, 7) is 4.94. The molecule has 0 aliphatic carbocycles. The number of aromatic nitrogens is 5. The second kappa shape index (κ2) is 11.6. The summed E-state index contributed by atoms with van der Waals surface area (Å²) in [6, 6.07) is 5.10. The van der Waals surface area contributed by atoms with Crippen molar-refractivity contribution in [1.82, 2.24) is 24.7 Å². The van der Waals surface area contributed by atoms with Crippen LogP contribution in [0.15, 0.2) is 30.6 Å². The van der Waals surface area contributed by atoms with E-state index < -0.39 is 27.2 Å². The summed E-state index contributed by atoms with van der Waals surface area (Å²) < 4.78 is 66.4. The molecule has 0 aliphatic rings. The quantitative estimate of drug-likeness (QED) is 0.376. The molecule has 0 saturated carbocycles. The number of halogens is 1. The van der Waals surface area contributed by atoms with Crippen molar-refractivity contribution in [2.24, 2.45) is 0 Å². The monoisotopic (exact) mass is 524 g/mol. The van der Waals surface area contributed by atoms with E-state index in [0.717, 1.165) is 12.4 Å². The van der Waals surface area contributed by atoms with E-state index >= 15 is 0 Å². The van der Waals surface area contributed by atoms with Gasteiger partial charge in [0.25, 0.3) is 0 Å². The minimum absolute atomic E-state index is 0.0218. The number of nitrogens with zero attached hydrogens (tertiary/aromatic N) is 5. The SMILES string of the molecule is COCc1nnc(NS(=O)(=O)C(C)C(OC(C)C)c2ncc(F)cn2)n1-c1c(OC)cccc1OC. The second-order valence-corrected chi connectivity index (χ2v) is 9.97. The molecule has 3 rings (SSSR count). The molecule has 2 heterocycles. The number of ether oxygens (including phenoxy) is 4. The molecule has 1 N–H and O–H groups in total. The Labute approximate surface area is 208 Å². The topological polar surface area (TPSA) is 140 Å². The average molecular weight is 525 g/mol. The third kappa shape index (κ3) is 5.88. The van der Waals surface area contributed by atoms with Crippen molar-refractivity contribution in [2.45, 2.75) is 44.8 Å². The molecule has 14 heteroatoms.